The number of hydrogen-bond donors (Lipinski definition) is 2. The topological polar surface area (TPSA) is 58.6 Å². The van der Waals surface area contributed by atoms with Gasteiger partial charge in [0.2, 0.25) is 5.91 Å². The van der Waals surface area contributed by atoms with Gasteiger partial charge in [-0.25, -0.2) is 0 Å². The summed E-state index contributed by atoms with van der Waals surface area (Å²) in [6.45, 7) is 8.03. The quantitative estimate of drug-likeness (QED) is 0.896. The van der Waals surface area contributed by atoms with E-state index in [1.807, 2.05) is 58.0 Å². The molecular formula is C17H25NO3. The third kappa shape index (κ3) is 4.05. The number of benzene rings is 1. The van der Waals surface area contributed by atoms with Crippen molar-refractivity contribution in [2.24, 2.45) is 0 Å². The van der Waals surface area contributed by atoms with Crippen LogP contribution in [0.2, 0.25) is 0 Å². The first kappa shape index (κ1) is 16.0. The first-order chi connectivity index (χ1) is 9.70. The van der Waals surface area contributed by atoms with Crippen molar-refractivity contribution in [1.82, 2.24) is 5.32 Å². The van der Waals surface area contributed by atoms with E-state index in [0.29, 0.717) is 0 Å². The molecule has 1 fully saturated rings. The molecule has 0 aromatic heterocycles. The van der Waals surface area contributed by atoms with E-state index in [0.717, 1.165) is 12.0 Å². The monoisotopic (exact) mass is 291 g/mol. The Labute approximate surface area is 126 Å². The van der Waals surface area contributed by atoms with Crippen LogP contribution >= 0.6 is 0 Å². The van der Waals surface area contributed by atoms with Gasteiger partial charge in [-0.05, 0) is 39.7 Å². The Morgan fingerprint density at radius 3 is 2.48 bits per heavy atom. The SMILES string of the molecule is CC1(C)CC(NC(=O)CC(O)c2ccccc2)C(C)(C)O1. The highest BCUT2D eigenvalue weighted by atomic mass is 16.5. The summed E-state index contributed by atoms with van der Waals surface area (Å²) in [7, 11) is 0. The van der Waals surface area contributed by atoms with Crippen LogP contribution in [0.5, 0.6) is 0 Å². The minimum absolute atomic E-state index is 0.0389. The molecule has 2 unspecified atom stereocenters. The Balaban J connectivity index is 1.93. The minimum atomic E-state index is -0.773. The van der Waals surface area contributed by atoms with E-state index in [2.05, 4.69) is 5.32 Å². The first-order valence-corrected chi connectivity index (χ1v) is 7.42. The average molecular weight is 291 g/mol. The van der Waals surface area contributed by atoms with E-state index in [1.54, 1.807) is 0 Å². The molecule has 116 valence electrons. The third-order valence-electron chi connectivity index (χ3n) is 3.97. The Hall–Kier alpha value is -1.39. The van der Waals surface area contributed by atoms with Crippen LogP contribution in [0.25, 0.3) is 0 Å². The molecule has 1 saturated heterocycles. The standard InChI is InChI=1S/C17H25NO3/c1-16(2)11-14(17(3,4)21-16)18-15(20)10-13(19)12-8-6-5-7-9-12/h5-9,13-14,19H,10-11H2,1-4H3,(H,18,20). The molecule has 1 aliphatic heterocycles. The lowest BCUT2D eigenvalue weighted by Crippen LogP contribution is -2.46. The number of nitrogens with one attached hydrogen (secondary N) is 1. The first-order valence-electron chi connectivity index (χ1n) is 7.42. The summed E-state index contributed by atoms with van der Waals surface area (Å²) in [5.41, 5.74) is 0.131. The number of ether oxygens (including phenoxy) is 1. The van der Waals surface area contributed by atoms with Gasteiger partial charge in [-0.1, -0.05) is 30.3 Å². The molecule has 0 aliphatic carbocycles. The minimum Gasteiger partial charge on any atom is -0.388 e. The Morgan fingerprint density at radius 2 is 1.95 bits per heavy atom. The third-order valence-corrected chi connectivity index (χ3v) is 3.97. The van der Waals surface area contributed by atoms with Crippen molar-refractivity contribution in [3.05, 3.63) is 35.9 Å². The molecule has 2 atom stereocenters. The van der Waals surface area contributed by atoms with Crippen molar-refractivity contribution in [3.63, 3.8) is 0 Å². The van der Waals surface area contributed by atoms with Gasteiger partial charge in [-0.2, -0.15) is 0 Å². The molecule has 0 spiro atoms. The van der Waals surface area contributed by atoms with Crippen LogP contribution in [-0.2, 0) is 9.53 Å². The highest BCUT2D eigenvalue weighted by Gasteiger charge is 2.46. The number of rotatable bonds is 4. The van der Waals surface area contributed by atoms with Crippen LogP contribution in [0.15, 0.2) is 30.3 Å². The molecule has 4 nitrogen and oxygen atoms in total. The Bertz CT molecular complexity index is 496. The largest absolute Gasteiger partial charge is 0.388 e. The molecule has 2 N–H and O–H groups in total. The number of aliphatic hydroxyl groups is 1. The highest BCUT2D eigenvalue weighted by molar-refractivity contribution is 5.77. The zero-order chi connectivity index (χ0) is 15.7. The molecule has 1 amide bonds. The van der Waals surface area contributed by atoms with Gasteiger partial charge in [0, 0.05) is 0 Å². The van der Waals surface area contributed by atoms with Crippen molar-refractivity contribution in [2.45, 2.75) is 63.9 Å². The van der Waals surface area contributed by atoms with E-state index in [-0.39, 0.29) is 24.0 Å². The second kappa shape index (κ2) is 5.78. The number of carbonyl (C=O) groups excluding carboxylic acids is 1. The summed E-state index contributed by atoms with van der Waals surface area (Å²) in [4.78, 5) is 12.2. The summed E-state index contributed by atoms with van der Waals surface area (Å²) in [6, 6.07) is 9.20. The molecule has 21 heavy (non-hydrogen) atoms. The van der Waals surface area contributed by atoms with Crippen LogP contribution in [0.1, 0.15) is 52.2 Å². The van der Waals surface area contributed by atoms with E-state index in [9.17, 15) is 9.90 Å². The Morgan fingerprint density at radius 1 is 1.33 bits per heavy atom. The predicted octanol–water partition coefficient (Wildman–Crippen LogP) is 2.57. The zero-order valence-corrected chi connectivity index (χ0v) is 13.2. The fraction of sp³-hybridized carbons (Fsp3) is 0.588. The molecule has 0 bridgehead atoms. The molecular weight excluding hydrogens is 266 g/mol. The van der Waals surface area contributed by atoms with Crippen LogP contribution in [0.4, 0.5) is 0 Å². The molecule has 4 heteroatoms. The normalized spacial score (nSPS) is 24.5. The van der Waals surface area contributed by atoms with Crippen LogP contribution in [-0.4, -0.2) is 28.3 Å². The molecule has 1 aliphatic rings. The van der Waals surface area contributed by atoms with Crippen LogP contribution in [0, 0.1) is 0 Å². The van der Waals surface area contributed by atoms with E-state index < -0.39 is 11.7 Å². The second-order valence-corrected chi connectivity index (χ2v) is 6.92. The van der Waals surface area contributed by atoms with E-state index in [1.165, 1.54) is 0 Å². The number of aliphatic hydroxyl groups excluding tert-OH is 1. The summed E-state index contributed by atoms with van der Waals surface area (Å²) in [6.07, 6.45) is 0.0640. The molecule has 1 aromatic carbocycles. The molecule has 1 aromatic rings. The van der Waals surface area contributed by atoms with Gasteiger partial charge in [0.25, 0.3) is 0 Å². The van der Waals surface area contributed by atoms with Gasteiger partial charge < -0.3 is 15.2 Å². The maximum atomic E-state index is 12.2. The lowest BCUT2D eigenvalue weighted by molar-refractivity contribution is -0.125. The second-order valence-electron chi connectivity index (χ2n) is 6.92. The zero-order valence-electron chi connectivity index (χ0n) is 13.2. The molecule has 0 saturated carbocycles. The summed E-state index contributed by atoms with van der Waals surface area (Å²) in [5.74, 6) is -0.147. The number of amides is 1. The smallest absolute Gasteiger partial charge is 0.223 e. The predicted molar refractivity (Wildman–Crippen MR) is 81.8 cm³/mol. The fourth-order valence-electron chi connectivity index (χ4n) is 3.01. The molecule has 1 heterocycles. The molecule has 2 rings (SSSR count). The average Bonchev–Trinajstić information content (AvgIpc) is 2.57. The van der Waals surface area contributed by atoms with Gasteiger partial charge in [-0.3, -0.25) is 4.79 Å². The van der Waals surface area contributed by atoms with Gasteiger partial charge >= 0.3 is 0 Å². The fourth-order valence-corrected chi connectivity index (χ4v) is 3.01. The number of carbonyl (C=O) groups is 1. The summed E-state index contributed by atoms with van der Waals surface area (Å²) < 4.78 is 5.96. The van der Waals surface area contributed by atoms with Gasteiger partial charge in [0.1, 0.15) is 0 Å². The Kier molecular flexibility index (Phi) is 4.40. The summed E-state index contributed by atoms with van der Waals surface area (Å²) >= 11 is 0. The maximum absolute atomic E-state index is 12.2. The van der Waals surface area contributed by atoms with Gasteiger partial charge in [-0.15, -0.1) is 0 Å². The van der Waals surface area contributed by atoms with Gasteiger partial charge in [0.15, 0.2) is 0 Å². The van der Waals surface area contributed by atoms with Crippen molar-refractivity contribution in [3.8, 4) is 0 Å². The van der Waals surface area contributed by atoms with Crippen molar-refractivity contribution < 1.29 is 14.6 Å². The van der Waals surface area contributed by atoms with Crippen LogP contribution in [0.3, 0.4) is 0 Å². The lowest BCUT2D eigenvalue weighted by atomic mass is 9.94. The highest BCUT2D eigenvalue weighted by Crippen LogP contribution is 2.37. The van der Waals surface area contributed by atoms with Crippen LogP contribution < -0.4 is 5.32 Å². The van der Waals surface area contributed by atoms with E-state index in [4.69, 9.17) is 4.74 Å². The molecule has 0 radical (unpaired) electrons. The van der Waals surface area contributed by atoms with Crippen molar-refractivity contribution in [2.75, 3.05) is 0 Å². The van der Waals surface area contributed by atoms with Crippen molar-refractivity contribution >= 4 is 5.91 Å². The summed E-state index contributed by atoms with van der Waals surface area (Å²) in [5, 5.41) is 13.1. The van der Waals surface area contributed by atoms with Crippen molar-refractivity contribution in [1.29, 1.82) is 0 Å². The van der Waals surface area contributed by atoms with E-state index >= 15 is 0 Å². The lowest BCUT2D eigenvalue weighted by Gasteiger charge is -2.28. The maximum Gasteiger partial charge on any atom is 0.223 e. The van der Waals surface area contributed by atoms with Gasteiger partial charge in [0.05, 0.1) is 29.8 Å². The number of hydrogen-bond acceptors (Lipinski definition) is 3.